The first-order valence-corrected chi connectivity index (χ1v) is 10.6. The molecule has 0 atom stereocenters. The van der Waals surface area contributed by atoms with Crippen LogP contribution in [0, 0.1) is 10.5 Å². The van der Waals surface area contributed by atoms with E-state index in [4.69, 9.17) is 0 Å². The van der Waals surface area contributed by atoms with Gasteiger partial charge in [-0.2, -0.15) is 0 Å². The lowest BCUT2D eigenvalue weighted by Gasteiger charge is -2.20. The molecule has 0 aliphatic carbocycles. The van der Waals surface area contributed by atoms with Crippen LogP contribution in [0.25, 0.3) is 0 Å². The van der Waals surface area contributed by atoms with E-state index in [1.165, 1.54) is 0 Å². The monoisotopic (exact) mass is 501 g/mol. The molecule has 0 aliphatic rings. The van der Waals surface area contributed by atoms with Gasteiger partial charge in [-0.1, -0.05) is 12.1 Å². The molecule has 150 valence electrons. The summed E-state index contributed by atoms with van der Waals surface area (Å²) < 4.78 is 0.920. The zero-order chi connectivity index (χ0) is 20.8. The summed E-state index contributed by atoms with van der Waals surface area (Å²) in [5.41, 5.74) is 2.29. The summed E-state index contributed by atoms with van der Waals surface area (Å²) in [5.74, 6) is 2.26. The summed E-state index contributed by atoms with van der Waals surface area (Å²) in [5, 5.41) is 6.25. The van der Waals surface area contributed by atoms with Crippen molar-refractivity contribution in [2.45, 2.75) is 20.8 Å². The van der Waals surface area contributed by atoms with Crippen LogP contribution in [0.1, 0.15) is 30.0 Å². The number of aryl methyl sites for hydroxylation is 1. The largest absolute Gasteiger partial charge is 0.357 e. The molecule has 0 saturated heterocycles. The third-order valence-electron chi connectivity index (χ3n) is 4.45. The number of hydrogen-bond acceptors (Lipinski definition) is 5. The van der Waals surface area contributed by atoms with Gasteiger partial charge in [0.05, 0.1) is 5.56 Å². The lowest BCUT2D eigenvalue weighted by atomic mass is 10.2. The van der Waals surface area contributed by atoms with Crippen molar-refractivity contribution in [1.29, 1.82) is 0 Å². The normalized spacial score (nSPS) is 10.5. The summed E-state index contributed by atoms with van der Waals surface area (Å²) in [6, 6.07) is 17.0. The first-order valence-electron chi connectivity index (χ1n) is 9.53. The van der Waals surface area contributed by atoms with E-state index in [0.29, 0.717) is 5.56 Å². The number of aromatic nitrogens is 2. The summed E-state index contributed by atoms with van der Waals surface area (Å²) >= 11 is 2.16. The average molecular weight is 501 g/mol. The number of rotatable bonds is 7. The van der Waals surface area contributed by atoms with E-state index in [9.17, 15) is 4.79 Å². The zero-order valence-electron chi connectivity index (χ0n) is 16.7. The fourth-order valence-electron chi connectivity index (χ4n) is 2.95. The maximum absolute atomic E-state index is 12.5. The predicted octanol–water partition coefficient (Wildman–Crippen LogP) is 5.23. The van der Waals surface area contributed by atoms with Gasteiger partial charge >= 0.3 is 0 Å². The molecule has 29 heavy (non-hydrogen) atoms. The van der Waals surface area contributed by atoms with Crippen molar-refractivity contribution in [2.24, 2.45) is 0 Å². The number of carbonyl (C=O) groups excluding carboxylic acids is 1. The molecule has 0 aliphatic heterocycles. The number of benzene rings is 2. The van der Waals surface area contributed by atoms with Gasteiger partial charge in [-0.3, -0.25) is 4.79 Å². The molecular formula is C22H24IN5O. The van der Waals surface area contributed by atoms with Gasteiger partial charge in [-0.25, -0.2) is 9.97 Å². The third-order valence-corrected chi connectivity index (χ3v) is 5.39. The molecular weight excluding hydrogens is 477 g/mol. The van der Waals surface area contributed by atoms with Gasteiger partial charge in [0.15, 0.2) is 0 Å². The van der Waals surface area contributed by atoms with E-state index in [0.717, 1.165) is 45.5 Å². The number of anilines is 4. The highest BCUT2D eigenvalue weighted by molar-refractivity contribution is 14.1. The minimum Gasteiger partial charge on any atom is -0.357 e. The van der Waals surface area contributed by atoms with Crippen LogP contribution >= 0.6 is 22.6 Å². The maximum Gasteiger partial charge on any atom is 0.256 e. The molecule has 1 amide bonds. The average Bonchev–Trinajstić information content (AvgIpc) is 2.70. The number of hydrogen-bond donors (Lipinski definition) is 2. The number of amides is 1. The Hall–Kier alpha value is -2.68. The van der Waals surface area contributed by atoms with Gasteiger partial charge in [0.1, 0.15) is 17.5 Å². The molecule has 1 aromatic heterocycles. The smallest absolute Gasteiger partial charge is 0.256 e. The van der Waals surface area contributed by atoms with Crippen molar-refractivity contribution >= 4 is 51.5 Å². The van der Waals surface area contributed by atoms with Crippen molar-refractivity contribution in [2.75, 3.05) is 28.6 Å². The van der Waals surface area contributed by atoms with E-state index in [2.05, 4.69) is 61.9 Å². The molecule has 0 fully saturated rings. The molecule has 0 spiro atoms. The standard InChI is InChI=1S/C22H24IN5O/c1-4-28(5-2)21-14-20(24-15(3)25-21)26-16-10-12-17(13-11-16)27-22(29)18-8-6-7-9-19(18)23/h6-14H,4-5H2,1-3H3,(H,27,29)(H,24,25,26). The van der Waals surface area contributed by atoms with E-state index in [1.54, 1.807) is 0 Å². The second kappa shape index (κ2) is 9.69. The van der Waals surface area contributed by atoms with Crippen LogP contribution in [0.2, 0.25) is 0 Å². The maximum atomic E-state index is 12.5. The predicted molar refractivity (Wildman–Crippen MR) is 127 cm³/mol. The third kappa shape index (κ3) is 5.44. The lowest BCUT2D eigenvalue weighted by molar-refractivity contribution is 0.102. The molecule has 0 saturated carbocycles. The fourth-order valence-corrected chi connectivity index (χ4v) is 3.59. The Balaban J connectivity index is 1.71. The number of nitrogens with zero attached hydrogens (tertiary/aromatic N) is 3. The van der Waals surface area contributed by atoms with Crippen LogP contribution in [0.15, 0.2) is 54.6 Å². The Morgan fingerprint density at radius 3 is 2.31 bits per heavy atom. The second-order valence-electron chi connectivity index (χ2n) is 6.47. The van der Waals surface area contributed by atoms with E-state index in [-0.39, 0.29) is 5.91 Å². The van der Waals surface area contributed by atoms with Crippen molar-refractivity contribution < 1.29 is 4.79 Å². The van der Waals surface area contributed by atoms with Crippen LogP contribution < -0.4 is 15.5 Å². The molecule has 0 unspecified atom stereocenters. The fraction of sp³-hybridized carbons (Fsp3) is 0.227. The Bertz CT molecular complexity index is 987. The van der Waals surface area contributed by atoms with Crippen LogP contribution in [0.3, 0.4) is 0 Å². The molecule has 2 N–H and O–H groups in total. The Labute approximate surface area is 184 Å². The SMILES string of the molecule is CCN(CC)c1cc(Nc2ccc(NC(=O)c3ccccc3I)cc2)nc(C)n1. The summed E-state index contributed by atoms with van der Waals surface area (Å²) in [4.78, 5) is 23.6. The van der Waals surface area contributed by atoms with Gasteiger partial charge in [0.2, 0.25) is 0 Å². The van der Waals surface area contributed by atoms with Crippen LogP contribution in [-0.4, -0.2) is 29.0 Å². The first-order chi connectivity index (χ1) is 14.0. The summed E-state index contributed by atoms with van der Waals surface area (Å²) in [6.45, 7) is 7.89. The van der Waals surface area contributed by atoms with Gasteiger partial charge < -0.3 is 15.5 Å². The minimum atomic E-state index is -0.119. The van der Waals surface area contributed by atoms with Gasteiger partial charge in [-0.15, -0.1) is 0 Å². The van der Waals surface area contributed by atoms with Gasteiger partial charge in [-0.05, 0) is 79.8 Å². The molecule has 1 heterocycles. The van der Waals surface area contributed by atoms with Crippen LogP contribution in [0.5, 0.6) is 0 Å². The van der Waals surface area contributed by atoms with Crippen molar-refractivity contribution in [3.8, 4) is 0 Å². The highest BCUT2D eigenvalue weighted by Gasteiger charge is 2.10. The van der Waals surface area contributed by atoms with Crippen molar-refractivity contribution in [3.05, 3.63) is 69.6 Å². The summed E-state index contributed by atoms with van der Waals surface area (Å²) in [6.07, 6.45) is 0. The highest BCUT2D eigenvalue weighted by atomic mass is 127. The Morgan fingerprint density at radius 2 is 1.66 bits per heavy atom. The second-order valence-corrected chi connectivity index (χ2v) is 7.63. The molecule has 2 aromatic carbocycles. The van der Waals surface area contributed by atoms with Crippen LogP contribution in [-0.2, 0) is 0 Å². The van der Waals surface area contributed by atoms with E-state index >= 15 is 0 Å². The van der Waals surface area contributed by atoms with Gasteiger partial charge in [0.25, 0.3) is 5.91 Å². The quantitative estimate of drug-likeness (QED) is 0.434. The minimum absolute atomic E-state index is 0.119. The Kier molecular flexibility index (Phi) is 7.03. The molecule has 6 nitrogen and oxygen atoms in total. The zero-order valence-corrected chi connectivity index (χ0v) is 18.9. The number of carbonyl (C=O) groups is 1. The van der Waals surface area contributed by atoms with E-state index in [1.807, 2.05) is 61.5 Å². The van der Waals surface area contributed by atoms with Crippen molar-refractivity contribution in [1.82, 2.24) is 9.97 Å². The highest BCUT2D eigenvalue weighted by Crippen LogP contribution is 2.22. The number of nitrogens with one attached hydrogen (secondary N) is 2. The first kappa shape index (κ1) is 21.0. The van der Waals surface area contributed by atoms with E-state index < -0.39 is 0 Å². The topological polar surface area (TPSA) is 70.2 Å². The molecule has 7 heteroatoms. The van der Waals surface area contributed by atoms with Crippen molar-refractivity contribution in [3.63, 3.8) is 0 Å². The molecule has 3 rings (SSSR count). The van der Waals surface area contributed by atoms with Crippen LogP contribution in [0.4, 0.5) is 23.0 Å². The Morgan fingerprint density at radius 1 is 1.00 bits per heavy atom. The molecule has 3 aromatic rings. The number of halogens is 1. The lowest BCUT2D eigenvalue weighted by Crippen LogP contribution is -2.23. The molecule has 0 bridgehead atoms. The van der Waals surface area contributed by atoms with Gasteiger partial charge in [0, 0.05) is 34.1 Å². The molecule has 0 radical (unpaired) electrons. The summed E-state index contributed by atoms with van der Waals surface area (Å²) in [7, 11) is 0.